The van der Waals surface area contributed by atoms with E-state index < -0.39 is 0 Å². The minimum Gasteiger partial charge on any atom is -0.343 e. The van der Waals surface area contributed by atoms with Crippen molar-refractivity contribution < 1.29 is 4.39 Å². The van der Waals surface area contributed by atoms with Gasteiger partial charge in [0, 0.05) is 41.3 Å². The Bertz CT molecular complexity index is 883. The molecule has 124 valence electrons. The molecule has 0 bridgehead atoms. The monoisotopic (exact) mass is 342 g/mol. The molecule has 1 aromatic heterocycles. The lowest BCUT2D eigenvalue weighted by atomic mass is 10.0. The molecule has 24 heavy (non-hydrogen) atoms. The number of hydrogen-bond acceptors (Lipinski definition) is 1. The molecule has 0 aliphatic carbocycles. The molecular formula is C20H20ClFN2. The van der Waals surface area contributed by atoms with E-state index in [4.69, 9.17) is 11.6 Å². The van der Waals surface area contributed by atoms with Gasteiger partial charge in [-0.3, -0.25) is 0 Å². The third kappa shape index (κ3) is 2.83. The van der Waals surface area contributed by atoms with Crippen LogP contribution in [0.25, 0.3) is 10.9 Å². The van der Waals surface area contributed by atoms with Crippen LogP contribution in [0.1, 0.15) is 16.8 Å². The predicted octanol–water partition coefficient (Wildman–Crippen LogP) is 4.66. The maximum Gasteiger partial charge on any atom is 0.123 e. The average Bonchev–Trinajstić information content (AvgIpc) is 2.86. The second kappa shape index (κ2) is 6.23. The van der Waals surface area contributed by atoms with Crippen molar-refractivity contribution in [3.05, 3.63) is 70.1 Å². The van der Waals surface area contributed by atoms with Gasteiger partial charge in [0.25, 0.3) is 0 Å². The minimum absolute atomic E-state index is 0.182. The highest BCUT2D eigenvalue weighted by atomic mass is 35.5. The Morgan fingerprint density at radius 1 is 1.12 bits per heavy atom. The number of rotatable bonds is 3. The summed E-state index contributed by atoms with van der Waals surface area (Å²) in [6.07, 6.45) is 1.95. The summed E-state index contributed by atoms with van der Waals surface area (Å²) in [4.78, 5) is 2.36. The number of hydrogen-bond donors (Lipinski definition) is 0. The average molecular weight is 343 g/mol. The molecule has 1 aliphatic rings. The first-order valence-electron chi connectivity index (χ1n) is 8.34. The van der Waals surface area contributed by atoms with Crippen LogP contribution in [0.15, 0.2) is 42.5 Å². The number of aromatic nitrogens is 1. The molecule has 0 N–H and O–H groups in total. The van der Waals surface area contributed by atoms with Crippen LogP contribution < -0.4 is 0 Å². The molecule has 2 aromatic carbocycles. The lowest BCUT2D eigenvalue weighted by Crippen LogP contribution is -2.28. The van der Waals surface area contributed by atoms with Gasteiger partial charge in [0.15, 0.2) is 0 Å². The summed E-state index contributed by atoms with van der Waals surface area (Å²) in [5.41, 5.74) is 5.24. The van der Waals surface area contributed by atoms with E-state index >= 15 is 0 Å². The summed E-state index contributed by atoms with van der Waals surface area (Å²) in [5, 5.41) is 2.07. The van der Waals surface area contributed by atoms with Crippen LogP contribution in [0.5, 0.6) is 0 Å². The fraction of sp³-hybridized carbons (Fsp3) is 0.300. The van der Waals surface area contributed by atoms with Crippen molar-refractivity contribution in [2.75, 3.05) is 13.6 Å². The van der Waals surface area contributed by atoms with Gasteiger partial charge < -0.3 is 9.47 Å². The van der Waals surface area contributed by atoms with E-state index in [2.05, 4.69) is 28.6 Å². The van der Waals surface area contributed by atoms with Crippen LogP contribution in [0.2, 0.25) is 5.02 Å². The molecule has 4 rings (SSSR count). The normalized spacial score (nSPS) is 15.0. The number of fused-ring (bicyclic) bond motifs is 3. The third-order valence-electron chi connectivity index (χ3n) is 4.95. The number of benzene rings is 2. The number of likely N-dealkylation sites (N-methyl/N-ethyl adjacent to an activating group) is 1. The van der Waals surface area contributed by atoms with Gasteiger partial charge >= 0.3 is 0 Å². The smallest absolute Gasteiger partial charge is 0.123 e. The molecule has 1 aliphatic heterocycles. The molecule has 0 fully saturated rings. The summed E-state index contributed by atoms with van der Waals surface area (Å²) in [7, 11) is 2.16. The number of halogens is 2. The highest BCUT2D eigenvalue weighted by Crippen LogP contribution is 2.32. The Morgan fingerprint density at radius 2 is 1.92 bits per heavy atom. The zero-order valence-electron chi connectivity index (χ0n) is 13.7. The van der Waals surface area contributed by atoms with Crippen LogP contribution >= 0.6 is 11.6 Å². The van der Waals surface area contributed by atoms with Gasteiger partial charge in [-0.25, -0.2) is 4.39 Å². The van der Waals surface area contributed by atoms with E-state index in [1.165, 1.54) is 34.3 Å². The molecule has 3 aromatic rings. The summed E-state index contributed by atoms with van der Waals surface area (Å²) in [5.74, 6) is -0.182. The van der Waals surface area contributed by atoms with Gasteiger partial charge in [-0.1, -0.05) is 23.7 Å². The molecule has 2 heterocycles. The Hall–Kier alpha value is -1.84. The first kappa shape index (κ1) is 15.7. The summed E-state index contributed by atoms with van der Waals surface area (Å²) < 4.78 is 15.5. The lowest BCUT2D eigenvalue weighted by molar-refractivity contribution is 0.303. The molecule has 0 unspecified atom stereocenters. The maximum absolute atomic E-state index is 13.1. The van der Waals surface area contributed by atoms with Gasteiger partial charge in [0.1, 0.15) is 5.82 Å². The van der Waals surface area contributed by atoms with Gasteiger partial charge in [-0.2, -0.15) is 0 Å². The van der Waals surface area contributed by atoms with E-state index in [1.54, 1.807) is 0 Å². The van der Waals surface area contributed by atoms with Crippen molar-refractivity contribution in [1.82, 2.24) is 9.47 Å². The van der Waals surface area contributed by atoms with Crippen LogP contribution in [0.3, 0.4) is 0 Å². The second-order valence-electron chi connectivity index (χ2n) is 6.60. The quantitative estimate of drug-likeness (QED) is 0.671. The molecule has 4 heteroatoms. The SMILES string of the molecule is CN1CCc2c(n(CCc3ccc(F)cc3)c3ccc(Cl)cc23)C1. The fourth-order valence-corrected chi connectivity index (χ4v) is 3.87. The van der Waals surface area contributed by atoms with Crippen molar-refractivity contribution in [3.8, 4) is 0 Å². The molecule has 0 saturated carbocycles. The van der Waals surface area contributed by atoms with Crippen LogP contribution in [0.4, 0.5) is 4.39 Å². The van der Waals surface area contributed by atoms with Crippen molar-refractivity contribution in [3.63, 3.8) is 0 Å². The van der Waals surface area contributed by atoms with Crippen LogP contribution in [-0.4, -0.2) is 23.1 Å². The molecule has 0 radical (unpaired) electrons. The van der Waals surface area contributed by atoms with Crippen molar-refractivity contribution in [1.29, 1.82) is 0 Å². The summed E-state index contributed by atoms with van der Waals surface area (Å²) >= 11 is 6.23. The van der Waals surface area contributed by atoms with Gasteiger partial charge in [0.05, 0.1) is 0 Å². The topological polar surface area (TPSA) is 8.17 Å². The van der Waals surface area contributed by atoms with E-state index in [9.17, 15) is 4.39 Å². The van der Waals surface area contributed by atoms with Crippen LogP contribution in [-0.2, 0) is 25.9 Å². The first-order chi connectivity index (χ1) is 11.6. The largest absolute Gasteiger partial charge is 0.343 e. The van der Waals surface area contributed by atoms with Crippen molar-refractivity contribution in [2.45, 2.75) is 25.9 Å². The summed E-state index contributed by atoms with van der Waals surface area (Å²) in [6.45, 7) is 2.94. The molecule has 0 saturated heterocycles. The van der Waals surface area contributed by atoms with Crippen LogP contribution in [0, 0.1) is 5.82 Å². The zero-order chi connectivity index (χ0) is 16.7. The standard InChI is InChI=1S/C20H20ClFN2/c1-23-10-9-17-18-12-15(21)4-7-19(18)24(20(17)13-23)11-8-14-2-5-16(22)6-3-14/h2-7,12H,8-11,13H2,1H3. The zero-order valence-corrected chi connectivity index (χ0v) is 14.5. The molecule has 0 spiro atoms. The Balaban J connectivity index is 1.73. The van der Waals surface area contributed by atoms with Crippen molar-refractivity contribution >= 4 is 22.5 Å². The minimum atomic E-state index is -0.182. The molecular weight excluding hydrogens is 323 g/mol. The van der Waals surface area contributed by atoms with E-state index in [-0.39, 0.29) is 5.82 Å². The number of aryl methyl sites for hydroxylation is 2. The van der Waals surface area contributed by atoms with E-state index in [0.717, 1.165) is 43.1 Å². The molecule has 0 amide bonds. The molecule has 0 atom stereocenters. The lowest BCUT2D eigenvalue weighted by Gasteiger charge is -2.24. The summed E-state index contributed by atoms with van der Waals surface area (Å²) in [6, 6.07) is 13.0. The van der Waals surface area contributed by atoms with E-state index in [0.29, 0.717) is 0 Å². The second-order valence-corrected chi connectivity index (χ2v) is 7.04. The molecule has 2 nitrogen and oxygen atoms in total. The number of nitrogens with zero attached hydrogens (tertiary/aromatic N) is 2. The highest BCUT2D eigenvalue weighted by molar-refractivity contribution is 6.31. The van der Waals surface area contributed by atoms with Gasteiger partial charge in [0.2, 0.25) is 0 Å². The predicted molar refractivity (Wildman–Crippen MR) is 97.1 cm³/mol. The Kier molecular flexibility index (Phi) is 4.07. The van der Waals surface area contributed by atoms with E-state index in [1.807, 2.05) is 18.2 Å². The first-order valence-corrected chi connectivity index (χ1v) is 8.72. The Morgan fingerprint density at radius 3 is 2.71 bits per heavy atom. The maximum atomic E-state index is 13.1. The third-order valence-corrected chi connectivity index (χ3v) is 5.18. The highest BCUT2D eigenvalue weighted by Gasteiger charge is 2.22. The van der Waals surface area contributed by atoms with Gasteiger partial charge in [-0.15, -0.1) is 0 Å². The Labute approximate surface area is 146 Å². The van der Waals surface area contributed by atoms with Gasteiger partial charge in [-0.05, 0) is 61.3 Å². The van der Waals surface area contributed by atoms with Crippen molar-refractivity contribution in [2.24, 2.45) is 0 Å². The fourth-order valence-electron chi connectivity index (χ4n) is 3.69.